The van der Waals surface area contributed by atoms with Crippen molar-refractivity contribution in [1.29, 1.82) is 0 Å². The molecule has 3 heterocycles. The van der Waals surface area contributed by atoms with Crippen molar-refractivity contribution < 1.29 is 34.8 Å². The van der Waals surface area contributed by atoms with E-state index in [1.165, 1.54) is 13.8 Å². The molecule has 0 unspecified atom stereocenters. The molecule has 0 aliphatic heterocycles. The Bertz CT molecular complexity index is 1660. The molecule has 0 aliphatic carbocycles. The summed E-state index contributed by atoms with van der Waals surface area (Å²) in [4.78, 5) is 16.8. The molecule has 0 atom stereocenters. The molecule has 4 rings (SSSR count). The molecule has 0 saturated heterocycles. The van der Waals surface area contributed by atoms with Crippen LogP contribution in [0.1, 0.15) is 23.9 Å². The van der Waals surface area contributed by atoms with Crippen molar-refractivity contribution in [2.24, 2.45) is 0 Å². The standard InChI is InChI=1S/C21H15F6N5O3S/c1-3-36(34,35)15-6-7-17(31-11(2)8-16(30-31)21(25,26)27)29-18(15)32-19(33)14-5-4-13(20(22,23)24)9-12(14)10-28-32/h4-10H,3H2,1-2H3. The summed E-state index contributed by atoms with van der Waals surface area (Å²) in [6.07, 6.45) is -8.49. The van der Waals surface area contributed by atoms with Crippen LogP contribution in [0.15, 0.2) is 52.3 Å². The average molecular weight is 531 g/mol. The number of hydrogen-bond donors (Lipinski definition) is 0. The van der Waals surface area contributed by atoms with Crippen LogP contribution in [0.2, 0.25) is 0 Å². The number of fused-ring (bicyclic) bond motifs is 1. The van der Waals surface area contributed by atoms with Crippen LogP contribution >= 0.6 is 0 Å². The van der Waals surface area contributed by atoms with Gasteiger partial charge in [-0.1, -0.05) is 6.92 Å². The summed E-state index contributed by atoms with van der Waals surface area (Å²) in [5.74, 6) is -1.18. The summed E-state index contributed by atoms with van der Waals surface area (Å²) in [5.41, 5.74) is -3.19. The molecule has 3 aromatic heterocycles. The van der Waals surface area contributed by atoms with Gasteiger partial charge < -0.3 is 0 Å². The minimum absolute atomic E-state index is 0.0189. The third-order valence-electron chi connectivity index (χ3n) is 5.25. The maximum Gasteiger partial charge on any atom is 0.435 e. The van der Waals surface area contributed by atoms with Crippen molar-refractivity contribution >= 4 is 20.6 Å². The summed E-state index contributed by atoms with van der Waals surface area (Å²) in [6, 6.07) is 5.26. The van der Waals surface area contributed by atoms with Crippen molar-refractivity contribution in [2.75, 3.05) is 5.75 Å². The number of benzene rings is 1. The first-order valence-electron chi connectivity index (χ1n) is 10.1. The van der Waals surface area contributed by atoms with E-state index in [4.69, 9.17) is 0 Å². The van der Waals surface area contributed by atoms with Gasteiger partial charge in [0.25, 0.3) is 5.56 Å². The Kier molecular flexibility index (Phi) is 5.93. The molecule has 1 aromatic carbocycles. The molecule has 0 N–H and O–H groups in total. The highest BCUT2D eigenvalue weighted by Gasteiger charge is 2.35. The molecule has 8 nitrogen and oxygen atoms in total. The zero-order chi connectivity index (χ0) is 26.6. The van der Waals surface area contributed by atoms with E-state index in [-0.39, 0.29) is 22.3 Å². The van der Waals surface area contributed by atoms with Crippen LogP contribution in [0.25, 0.3) is 22.4 Å². The number of aromatic nitrogens is 5. The van der Waals surface area contributed by atoms with E-state index in [9.17, 15) is 39.6 Å². The molecule has 0 spiro atoms. The summed E-state index contributed by atoms with van der Waals surface area (Å²) in [7, 11) is -4.02. The molecule has 0 radical (unpaired) electrons. The van der Waals surface area contributed by atoms with E-state index >= 15 is 0 Å². The smallest absolute Gasteiger partial charge is 0.267 e. The Morgan fingerprint density at radius 2 is 1.64 bits per heavy atom. The van der Waals surface area contributed by atoms with Crippen molar-refractivity contribution in [3.8, 4) is 11.6 Å². The Morgan fingerprint density at radius 3 is 2.22 bits per heavy atom. The molecule has 0 saturated carbocycles. The van der Waals surface area contributed by atoms with Crippen molar-refractivity contribution in [3.63, 3.8) is 0 Å². The highest BCUT2D eigenvalue weighted by atomic mass is 32.2. The van der Waals surface area contributed by atoms with Gasteiger partial charge >= 0.3 is 12.4 Å². The SMILES string of the molecule is CCS(=O)(=O)c1ccc(-n2nc(C(F)(F)F)cc2C)nc1-n1ncc2cc(C(F)(F)F)ccc2c1=O. The molecule has 0 aliphatic rings. The number of pyridine rings is 1. The van der Waals surface area contributed by atoms with Gasteiger partial charge in [-0.25, -0.2) is 18.1 Å². The van der Waals surface area contributed by atoms with Gasteiger partial charge in [-0.05, 0) is 43.3 Å². The molecule has 4 aromatic rings. The lowest BCUT2D eigenvalue weighted by molar-refractivity contribution is -0.141. The van der Waals surface area contributed by atoms with Gasteiger partial charge in [-0.2, -0.15) is 41.2 Å². The molecule has 0 fully saturated rings. The Morgan fingerprint density at radius 1 is 0.944 bits per heavy atom. The number of aryl methyl sites for hydroxylation is 1. The maximum absolute atomic E-state index is 13.1. The van der Waals surface area contributed by atoms with E-state index in [0.717, 1.165) is 35.1 Å². The second-order valence-corrected chi connectivity index (χ2v) is 9.88. The normalized spacial score (nSPS) is 12.9. The van der Waals surface area contributed by atoms with Gasteiger partial charge in [-0.3, -0.25) is 4.79 Å². The molecular weight excluding hydrogens is 516 g/mol. The van der Waals surface area contributed by atoms with E-state index < -0.39 is 55.5 Å². The fourth-order valence-electron chi connectivity index (χ4n) is 3.42. The minimum atomic E-state index is -4.75. The van der Waals surface area contributed by atoms with Gasteiger partial charge in [0, 0.05) is 11.1 Å². The van der Waals surface area contributed by atoms with Gasteiger partial charge in [0.05, 0.1) is 22.9 Å². The maximum atomic E-state index is 13.1. The largest absolute Gasteiger partial charge is 0.435 e. The fourth-order valence-corrected chi connectivity index (χ4v) is 4.41. The van der Waals surface area contributed by atoms with Gasteiger partial charge in [0.1, 0.15) is 4.90 Å². The van der Waals surface area contributed by atoms with E-state index in [2.05, 4.69) is 15.2 Å². The number of halogens is 6. The fraction of sp³-hybridized carbons (Fsp3) is 0.238. The van der Waals surface area contributed by atoms with Gasteiger partial charge in [0.15, 0.2) is 27.2 Å². The first kappa shape index (κ1) is 25.3. The Balaban J connectivity index is 1.98. The summed E-state index contributed by atoms with van der Waals surface area (Å²) in [6.45, 7) is 2.65. The number of nitrogens with zero attached hydrogens (tertiary/aromatic N) is 5. The Hall–Kier alpha value is -3.75. The number of sulfone groups is 1. The molecule has 190 valence electrons. The lowest BCUT2D eigenvalue weighted by atomic mass is 10.1. The Labute approximate surface area is 198 Å². The highest BCUT2D eigenvalue weighted by molar-refractivity contribution is 7.91. The van der Waals surface area contributed by atoms with Gasteiger partial charge in [0.2, 0.25) is 0 Å². The predicted octanol–water partition coefficient (Wildman–Crippen LogP) is 4.11. The second-order valence-electron chi connectivity index (χ2n) is 7.64. The first-order chi connectivity index (χ1) is 16.6. The number of alkyl halides is 6. The highest BCUT2D eigenvalue weighted by Crippen LogP contribution is 2.31. The molecule has 0 amide bonds. The van der Waals surface area contributed by atoms with Crippen molar-refractivity contribution in [1.82, 2.24) is 24.5 Å². The molecule has 15 heteroatoms. The number of rotatable bonds is 4. The third-order valence-corrected chi connectivity index (χ3v) is 7.00. The summed E-state index contributed by atoms with van der Waals surface area (Å²) in [5, 5.41) is 6.92. The minimum Gasteiger partial charge on any atom is -0.267 e. The van der Waals surface area contributed by atoms with Crippen LogP contribution in [-0.4, -0.2) is 38.7 Å². The lowest BCUT2D eigenvalue weighted by Gasteiger charge is -2.13. The van der Waals surface area contributed by atoms with Gasteiger partial charge in [-0.15, -0.1) is 0 Å². The summed E-state index contributed by atoms with van der Waals surface area (Å²) >= 11 is 0. The predicted molar refractivity (Wildman–Crippen MR) is 115 cm³/mol. The van der Waals surface area contributed by atoms with E-state index in [0.29, 0.717) is 16.8 Å². The average Bonchev–Trinajstić information content (AvgIpc) is 3.20. The van der Waals surface area contributed by atoms with Crippen molar-refractivity contribution in [2.45, 2.75) is 31.1 Å². The quantitative estimate of drug-likeness (QED) is 0.368. The van der Waals surface area contributed by atoms with Crippen LogP contribution < -0.4 is 5.56 Å². The zero-order valence-corrected chi connectivity index (χ0v) is 19.2. The van der Waals surface area contributed by atoms with Crippen molar-refractivity contribution in [3.05, 3.63) is 69.9 Å². The second kappa shape index (κ2) is 8.43. The summed E-state index contributed by atoms with van der Waals surface area (Å²) < 4.78 is 105. The molecule has 36 heavy (non-hydrogen) atoms. The number of hydrogen-bond acceptors (Lipinski definition) is 6. The third kappa shape index (κ3) is 4.45. The van der Waals surface area contributed by atoms with Crippen LogP contribution in [0.5, 0.6) is 0 Å². The van der Waals surface area contributed by atoms with E-state index in [1.54, 1.807) is 0 Å². The topological polar surface area (TPSA) is 99.7 Å². The molecular formula is C21H15F6N5O3S. The van der Waals surface area contributed by atoms with Crippen LogP contribution in [0.3, 0.4) is 0 Å². The first-order valence-corrected chi connectivity index (χ1v) is 11.8. The lowest BCUT2D eigenvalue weighted by Crippen LogP contribution is -2.25. The zero-order valence-electron chi connectivity index (χ0n) is 18.4. The van der Waals surface area contributed by atoms with E-state index in [1.807, 2.05) is 0 Å². The van der Waals surface area contributed by atoms with Crippen LogP contribution in [-0.2, 0) is 22.2 Å². The van der Waals surface area contributed by atoms with Crippen LogP contribution in [0, 0.1) is 6.92 Å². The monoisotopic (exact) mass is 531 g/mol. The van der Waals surface area contributed by atoms with Crippen LogP contribution in [0.4, 0.5) is 26.3 Å². The molecule has 0 bridgehead atoms.